The Bertz CT molecular complexity index is 372. The first kappa shape index (κ1) is 8.92. The minimum Gasteiger partial charge on any atom is -0.372 e. The average molecular weight is 201 g/mol. The quantitative estimate of drug-likeness (QED) is 0.742. The number of pyridine rings is 1. The van der Waals surface area contributed by atoms with Crippen LogP contribution >= 0.6 is 0 Å². The van der Waals surface area contributed by atoms with Crippen LogP contribution in [0.4, 0.5) is 0 Å². The fraction of sp³-hybridized carbons (Fsp3) is 0.417. The van der Waals surface area contributed by atoms with Gasteiger partial charge in [-0.05, 0) is 18.6 Å². The molecule has 3 rings (SSSR count). The number of hydrogen-bond donors (Lipinski definition) is 1. The third-order valence-electron chi connectivity index (χ3n) is 3.13. The lowest BCUT2D eigenvalue weighted by Gasteiger charge is -2.34. The second-order valence-corrected chi connectivity index (χ2v) is 4.05. The van der Waals surface area contributed by atoms with Crippen molar-refractivity contribution in [1.29, 1.82) is 0 Å². The lowest BCUT2D eigenvalue weighted by molar-refractivity contribution is 0.288. The molecule has 1 fully saturated rings. The standard InChI is InChI=1S/C12H15N3/c1-2-6-13-10(4-1)12-11-5-3-8-15(11)9-7-14-12/h1-2,4-6,12,14H,3,7-9H2. The lowest BCUT2D eigenvalue weighted by atomic mass is 10.1. The average Bonchev–Trinajstić information content (AvgIpc) is 2.78. The van der Waals surface area contributed by atoms with Crippen LogP contribution in [0, 0.1) is 0 Å². The molecule has 3 heteroatoms. The second-order valence-electron chi connectivity index (χ2n) is 4.05. The van der Waals surface area contributed by atoms with E-state index in [4.69, 9.17) is 0 Å². The molecule has 2 aliphatic rings. The van der Waals surface area contributed by atoms with Gasteiger partial charge in [-0.2, -0.15) is 0 Å². The summed E-state index contributed by atoms with van der Waals surface area (Å²) in [6.07, 6.45) is 5.39. The predicted octanol–water partition coefficient (Wildman–Crippen LogP) is 1.32. The summed E-state index contributed by atoms with van der Waals surface area (Å²) in [6.45, 7) is 3.37. The molecule has 0 spiro atoms. The number of nitrogens with zero attached hydrogens (tertiary/aromatic N) is 2. The summed E-state index contributed by atoms with van der Waals surface area (Å²) >= 11 is 0. The van der Waals surface area contributed by atoms with Crippen molar-refractivity contribution in [3.63, 3.8) is 0 Å². The van der Waals surface area contributed by atoms with Gasteiger partial charge in [0.15, 0.2) is 0 Å². The number of hydrogen-bond acceptors (Lipinski definition) is 3. The second kappa shape index (κ2) is 3.66. The molecule has 1 atom stereocenters. The molecule has 1 aromatic rings. The summed E-state index contributed by atoms with van der Waals surface area (Å²) in [5.74, 6) is 0. The Morgan fingerprint density at radius 3 is 3.20 bits per heavy atom. The minimum absolute atomic E-state index is 0.308. The zero-order valence-electron chi connectivity index (χ0n) is 8.69. The summed E-state index contributed by atoms with van der Waals surface area (Å²) in [5, 5.41) is 3.53. The van der Waals surface area contributed by atoms with Crippen molar-refractivity contribution in [2.24, 2.45) is 0 Å². The van der Waals surface area contributed by atoms with Crippen LogP contribution in [0.25, 0.3) is 0 Å². The number of fused-ring (bicyclic) bond motifs is 1. The van der Waals surface area contributed by atoms with Crippen LogP contribution in [-0.2, 0) is 0 Å². The van der Waals surface area contributed by atoms with Gasteiger partial charge in [0.1, 0.15) is 0 Å². The maximum Gasteiger partial charge on any atom is 0.0898 e. The van der Waals surface area contributed by atoms with Gasteiger partial charge in [0, 0.05) is 31.5 Å². The molecule has 3 nitrogen and oxygen atoms in total. The highest BCUT2D eigenvalue weighted by molar-refractivity contribution is 5.25. The summed E-state index contributed by atoms with van der Waals surface area (Å²) in [4.78, 5) is 6.90. The van der Waals surface area contributed by atoms with Gasteiger partial charge in [0.2, 0.25) is 0 Å². The van der Waals surface area contributed by atoms with E-state index in [-0.39, 0.29) is 0 Å². The first-order valence-electron chi connectivity index (χ1n) is 5.54. The molecule has 0 aromatic carbocycles. The van der Waals surface area contributed by atoms with E-state index in [0.29, 0.717) is 6.04 Å². The Balaban J connectivity index is 1.92. The van der Waals surface area contributed by atoms with E-state index in [1.165, 1.54) is 18.7 Å². The summed E-state index contributed by atoms with van der Waals surface area (Å²) in [5.41, 5.74) is 2.55. The Morgan fingerprint density at radius 2 is 2.33 bits per heavy atom. The van der Waals surface area contributed by atoms with Crippen molar-refractivity contribution in [1.82, 2.24) is 15.2 Å². The number of rotatable bonds is 1. The fourth-order valence-electron chi connectivity index (χ4n) is 2.42. The molecule has 3 heterocycles. The topological polar surface area (TPSA) is 28.2 Å². The molecule has 15 heavy (non-hydrogen) atoms. The Kier molecular flexibility index (Phi) is 2.18. The molecule has 1 saturated heterocycles. The number of aromatic nitrogens is 1. The normalized spacial score (nSPS) is 24.9. The number of nitrogens with one attached hydrogen (secondary N) is 1. The molecular formula is C12H15N3. The minimum atomic E-state index is 0.308. The Labute approximate surface area is 89.8 Å². The molecule has 0 amide bonds. The summed E-state index contributed by atoms with van der Waals surface area (Å²) in [6, 6.07) is 6.42. The van der Waals surface area contributed by atoms with Crippen LogP contribution in [0.5, 0.6) is 0 Å². The molecular weight excluding hydrogens is 186 g/mol. The summed E-state index contributed by atoms with van der Waals surface area (Å²) in [7, 11) is 0. The van der Waals surface area contributed by atoms with Gasteiger partial charge in [-0.3, -0.25) is 4.98 Å². The molecule has 1 unspecified atom stereocenters. The monoisotopic (exact) mass is 201 g/mol. The van der Waals surface area contributed by atoms with E-state index in [1.54, 1.807) is 0 Å². The van der Waals surface area contributed by atoms with E-state index in [0.717, 1.165) is 18.8 Å². The SMILES string of the molecule is C1=C2C(c3ccccn3)NCCN2CC1. The van der Waals surface area contributed by atoms with Crippen molar-refractivity contribution in [3.8, 4) is 0 Å². The maximum atomic E-state index is 4.43. The molecule has 1 N–H and O–H groups in total. The van der Waals surface area contributed by atoms with Crippen molar-refractivity contribution in [2.45, 2.75) is 12.5 Å². The van der Waals surface area contributed by atoms with Crippen LogP contribution in [0.2, 0.25) is 0 Å². The van der Waals surface area contributed by atoms with Crippen LogP contribution in [-0.4, -0.2) is 29.5 Å². The van der Waals surface area contributed by atoms with Crippen molar-refractivity contribution in [3.05, 3.63) is 41.9 Å². The third-order valence-corrected chi connectivity index (χ3v) is 3.13. The number of piperazine rings is 1. The Morgan fingerprint density at radius 1 is 1.33 bits per heavy atom. The van der Waals surface area contributed by atoms with Gasteiger partial charge in [0.25, 0.3) is 0 Å². The smallest absolute Gasteiger partial charge is 0.0898 e. The van der Waals surface area contributed by atoms with Gasteiger partial charge in [-0.25, -0.2) is 0 Å². The highest BCUT2D eigenvalue weighted by atomic mass is 15.2. The first-order chi connectivity index (χ1) is 7.45. The molecule has 0 radical (unpaired) electrons. The third kappa shape index (κ3) is 1.53. The van der Waals surface area contributed by atoms with Gasteiger partial charge < -0.3 is 10.2 Å². The van der Waals surface area contributed by atoms with Crippen LogP contribution in [0.1, 0.15) is 18.2 Å². The van der Waals surface area contributed by atoms with E-state index in [9.17, 15) is 0 Å². The van der Waals surface area contributed by atoms with Gasteiger partial charge in [-0.15, -0.1) is 0 Å². The first-order valence-corrected chi connectivity index (χ1v) is 5.54. The van der Waals surface area contributed by atoms with Gasteiger partial charge in [-0.1, -0.05) is 12.1 Å². The van der Waals surface area contributed by atoms with E-state index in [2.05, 4.69) is 33.4 Å². The predicted molar refractivity (Wildman–Crippen MR) is 59.3 cm³/mol. The van der Waals surface area contributed by atoms with Gasteiger partial charge >= 0.3 is 0 Å². The molecule has 0 bridgehead atoms. The molecule has 1 aromatic heterocycles. The summed E-state index contributed by atoms with van der Waals surface area (Å²) < 4.78 is 0. The van der Waals surface area contributed by atoms with E-state index in [1.807, 2.05) is 12.3 Å². The zero-order chi connectivity index (χ0) is 10.1. The van der Waals surface area contributed by atoms with Crippen molar-refractivity contribution < 1.29 is 0 Å². The Hall–Kier alpha value is -1.35. The largest absolute Gasteiger partial charge is 0.372 e. The lowest BCUT2D eigenvalue weighted by Crippen LogP contribution is -2.42. The van der Waals surface area contributed by atoms with Crippen molar-refractivity contribution >= 4 is 0 Å². The highest BCUT2D eigenvalue weighted by Gasteiger charge is 2.28. The maximum absolute atomic E-state index is 4.43. The van der Waals surface area contributed by atoms with E-state index < -0.39 is 0 Å². The zero-order valence-corrected chi connectivity index (χ0v) is 8.69. The molecule has 2 aliphatic heterocycles. The molecule has 0 saturated carbocycles. The van der Waals surface area contributed by atoms with Crippen molar-refractivity contribution in [2.75, 3.05) is 19.6 Å². The highest BCUT2D eigenvalue weighted by Crippen LogP contribution is 2.29. The van der Waals surface area contributed by atoms with Crippen LogP contribution in [0.3, 0.4) is 0 Å². The molecule has 78 valence electrons. The van der Waals surface area contributed by atoms with Crippen LogP contribution in [0.15, 0.2) is 36.2 Å². The molecule has 0 aliphatic carbocycles. The van der Waals surface area contributed by atoms with Gasteiger partial charge in [0.05, 0.1) is 11.7 Å². The fourth-order valence-corrected chi connectivity index (χ4v) is 2.42. The van der Waals surface area contributed by atoms with E-state index >= 15 is 0 Å². The van der Waals surface area contributed by atoms with Crippen LogP contribution < -0.4 is 5.32 Å².